The van der Waals surface area contributed by atoms with Crippen molar-refractivity contribution in [2.24, 2.45) is 5.92 Å². The summed E-state index contributed by atoms with van der Waals surface area (Å²) in [6, 6.07) is 4.76. The lowest BCUT2D eigenvalue weighted by Crippen LogP contribution is -2.27. The summed E-state index contributed by atoms with van der Waals surface area (Å²) in [4.78, 5) is 33.7. The van der Waals surface area contributed by atoms with Crippen LogP contribution >= 0.6 is 0 Å². The monoisotopic (exact) mass is 264 g/mol. The Morgan fingerprint density at radius 2 is 1.89 bits per heavy atom. The molecule has 0 saturated heterocycles. The van der Waals surface area contributed by atoms with E-state index in [1.54, 1.807) is 25.1 Å². The van der Waals surface area contributed by atoms with Crippen LogP contribution < -0.4 is 10.6 Å². The van der Waals surface area contributed by atoms with Crippen LogP contribution in [0.5, 0.6) is 0 Å². The van der Waals surface area contributed by atoms with Gasteiger partial charge in [-0.25, -0.2) is 0 Å². The number of anilines is 1. The molecular weight excluding hydrogens is 248 g/mol. The molecule has 0 aliphatic rings. The van der Waals surface area contributed by atoms with Crippen molar-refractivity contribution in [1.82, 2.24) is 5.32 Å². The van der Waals surface area contributed by atoms with Gasteiger partial charge in [0.2, 0.25) is 5.91 Å². The van der Waals surface area contributed by atoms with Crippen molar-refractivity contribution in [1.29, 1.82) is 0 Å². The molecule has 0 aromatic heterocycles. The Hall–Kier alpha value is -2.37. The molecule has 6 nitrogen and oxygen atoms in total. The van der Waals surface area contributed by atoms with Gasteiger partial charge in [-0.15, -0.1) is 0 Å². The molecule has 0 spiro atoms. The van der Waals surface area contributed by atoms with E-state index >= 15 is 0 Å². The SMILES string of the molecule is CNC(=O)c1ccc(NC(=O)C(C)C(=O)O)c(C)c1. The molecule has 0 fully saturated rings. The van der Waals surface area contributed by atoms with Crippen LogP contribution in [0.3, 0.4) is 0 Å². The van der Waals surface area contributed by atoms with Gasteiger partial charge in [0, 0.05) is 18.3 Å². The summed E-state index contributed by atoms with van der Waals surface area (Å²) in [7, 11) is 1.53. The molecule has 1 aromatic rings. The number of carboxylic acid groups (broad SMARTS) is 1. The van der Waals surface area contributed by atoms with Crippen LogP contribution in [-0.2, 0) is 9.59 Å². The summed E-state index contributed by atoms with van der Waals surface area (Å²) >= 11 is 0. The number of benzene rings is 1. The second kappa shape index (κ2) is 5.99. The van der Waals surface area contributed by atoms with E-state index in [0.717, 1.165) is 0 Å². The van der Waals surface area contributed by atoms with E-state index in [1.165, 1.54) is 14.0 Å². The van der Waals surface area contributed by atoms with Crippen LogP contribution in [0, 0.1) is 12.8 Å². The maximum absolute atomic E-state index is 11.6. The number of aliphatic carboxylic acids is 1. The van der Waals surface area contributed by atoms with E-state index in [-0.39, 0.29) is 5.91 Å². The Bertz CT molecular complexity index is 525. The summed E-state index contributed by atoms with van der Waals surface area (Å²) in [6.45, 7) is 3.04. The van der Waals surface area contributed by atoms with Crippen LogP contribution in [0.25, 0.3) is 0 Å². The third kappa shape index (κ3) is 3.54. The normalized spacial score (nSPS) is 11.5. The number of carbonyl (C=O) groups is 3. The quantitative estimate of drug-likeness (QED) is 0.707. The first kappa shape index (κ1) is 14.7. The molecule has 1 aromatic carbocycles. The summed E-state index contributed by atoms with van der Waals surface area (Å²) in [6.07, 6.45) is 0. The maximum Gasteiger partial charge on any atom is 0.315 e. The Balaban J connectivity index is 2.89. The Kier molecular flexibility index (Phi) is 4.63. The molecule has 1 atom stereocenters. The van der Waals surface area contributed by atoms with Crippen LogP contribution in [0.4, 0.5) is 5.69 Å². The lowest BCUT2D eigenvalue weighted by Gasteiger charge is -2.11. The lowest BCUT2D eigenvalue weighted by atomic mass is 10.1. The van der Waals surface area contributed by atoms with Crippen LogP contribution in [-0.4, -0.2) is 29.9 Å². The molecule has 6 heteroatoms. The maximum atomic E-state index is 11.6. The average Bonchev–Trinajstić information content (AvgIpc) is 2.38. The minimum atomic E-state index is -1.18. The molecule has 1 rings (SSSR count). The van der Waals surface area contributed by atoms with Crippen molar-refractivity contribution < 1.29 is 19.5 Å². The van der Waals surface area contributed by atoms with E-state index in [4.69, 9.17) is 5.11 Å². The van der Waals surface area contributed by atoms with Gasteiger partial charge in [-0.05, 0) is 37.6 Å². The first-order valence-electron chi connectivity index (χ1n) is 5.73. The predicted molar refractivity (Wildman–Crippen MR) is 70.0 cm³/mol. The summed E-state index contributed by atoms with van der Waals surface area (Å²) in [5, 5.41) is 13.8. The highest BCUT2D eigenvalue weighted by molar-refractivity contribution is 6.04. The third-order valence-electron chi connectivity index (χ3n) is 2.74. The fourth-order valence-electron chi connectivity index (χ4n) is 1.44. The zero-order chi connectivity index (χ0) is 14.6. The third-order valence-corrected chi connectivity index (χ3v) is 2.74. The van der Waals surface area contributed by atoms with Crippen molar-refractivity contribution in [2.45, 2.75) is 13.8 Å². The molecular formula is C13H16N2O4. The highest BCUT2D eigenvalue weighted by atomic mass is 16.4. The largest absolute Gasteiger partial charge is 0.481 e. The lowest BCUT2D eigenvalue weighted by molar-refractivity contribution is -0.144. The van der Waals surface area contributed by atoms with Gasteiger partial charge in [-0.2, -0.15) is 0 Å². The van der Waals surface area contributed by atoms with Gasteiger partial charge in [0.25, 0.3) is 5.91 Å². The van der Waals surface area contributed by atoms with Crippen LogP contribution in [0.15, 0.2) is 18.2 Å². The summed E-state index contributed by atoms with van der Waals surface area (Å²) in [5.41, 5.74) is 1.65. The molecule has 2 amide bonds. The Labute approximate surface area is 110 Å². The molecule has 0 radical (unpaired) electrons. The molecule has 102 valence electrons. The van der Waals surface area contributed by atoms with Crippen molar-refractivity contribution in [3.05, 3.63) is 29.3 Å². The van der Waals surface area contributed by atoms with Gasteiger partial charge < -0.3 is 15.7 Å². The Morgan fingerprint density at radius 1 is 1.26 bits per heavy atom. The molecule has 3 N–H and O–H groups in total. The van der Waals surface area contributed by atoms with Gasteiger partial charge in [-0.1, -0.05) is 0 Å². The van der Waals surface area contributed by atoms with E-state index in [0.29, 0.717) is 16.8 Å². The van der Waals surface area contributed by atoms with Crippen LogP contribution in [0.2, 0.25) is 0 Å². The number of carboxylic acids is 1. The first-order valence-corrected chi connectivity index (χ1v) is 5.73. The second-order valence-corrected chi connectivity index (χ2v) is 4.16. The molecule has 0 heterocycles. The summed E-state index contributed by atoms with van der Waals surface area (Å²) in [5.74, 6) is -3.13. The second-order valence-electron chi connectivity index (χ2n) is 4.16. The Morgan fingerprint density at radius 3 is 2.37 bits per heavy atom. The number of nitrogens with one attached hydrogen (secondary N) is 2. The number of hydrogen-bond donors (Lipinski definition) is 3. The number of amides is 2. The van der Waals surface area contributed by atoms with E-state index in [9.17, 15) is 14.4 Å². The van der Waals surface area contributed by atoms with Crippen LogP contribution in [0.1, 0.15) is 22.8 Å². The standard InChI is InChI=1S/C13H16N2O4/c1-7-6-9(12(17)14-3)4-5-10(7)15-11(16)8(2)13(18)19/h4-6,8H,1-3H3,(H,14,17)(H,15,16)(H,18,19). The van der Waals surface area contributed by atoms with Crippen molar-refractivity contribution in [3.8, 4) is 0 Å². The van der Waals surface area contributed by atoms with E-state index < -0.39 is 17.8 Å². The first-order chi connectivity index (χ1) is 8.86. The van der Waals surface area contributed by atoms with Crippen molar-refractivity contribution in [2.75, 3.05) is 12.4 Å². The highest BCUT2D eigenvalue weighted by Crippen LogP contribution is 2.17. The molecule has 0 saturated carbocycles. The van der Waals surface area contributed by atoms with Gasteiger partial charge >= 0.3 is 5.97 Å². The average molecular weight is 264 g/mol. The topological polar surface area (TPSA) is 95.5 Å². The minimum absolute atomic E-state index is 0.222. The van der Waals surface area contributed by atoms with E-state index in [2.05, 4.69) is 10.6 Å². The number of rotatable bonds is 4. The molecule has 0 aliphatic heterocycles. The zero-order valence-corrected chi connectivity index (χ0v) is 11.0. The van der Waals surface area contributed by atoms with Gasteiger partial charge in [0.05, 0.1) is 0 Å². The van der Waals surface area contributed by atoms with Gasteiger partial charge in [-0.3, -0.25) is 14.4 Å². The smallest absolute Gasteiger partial charge is 0.315 e. The minimum Gasteiger partial charge on any atom is -0.481 e. The molecule has 1 unspecified atom stereocenters. The fourth-order valence-corrected chi connectivity index (χ4v) is 1.44. The summed E-state index contributed by atoms with van der Waals surface area (Å²) < 4.78 is 0. The zero-order valence-electron chi connectivity index (χ0n) is 11.0. The number of carbonyl (C=O) groups excluding carboxylic acids is 2. The molecule has 0 bridgehead atoms. The number of aryl methyl sites for hydroxylation is 1. The van der Waals surface area contributed by atoms with Gasteiger partial charge in [0.1, 0.15) is 5.92 Å². The molecule has 0 aliphatic carbocycles. The van der Waals surface area contributed by atoms with E-state index in [1.807, 2.05) is 0 Å². The van der Waals surface area contributed by atoms with Crippen molar-refractivity contribution in [3.63, 3.8) is 0 Å². The number of hydrogen-bond acceptors (Lipinski definition) is 3. The van der Waals surface area contributed by atoms with Crippen molar-refractivity contribution >= 4 is 23.5 Å². The molecule has 19 heavy (non-hydrogen) atoms. The fraction of sp³-hybridized carbons (Fsp3) is 0.308. The predicted octanol–water partition coefficient (Wildman–Crippen LogP) is 1.01. The van der Waals surface area contributed by atoms with Gasteiger partial charge in [0.15, 0.2) is 0 Å². The highest BCUT2D eigenvalue weighted by Gasteiger charge is 2.21.